The zero-order valence-electron chi connectivity index (χ0n) is 13.1. The van der Waals surface area contributed by atoms with E-state index < -0.39 is 0 Å². The highest BCUT2D eigenvalue weighted by molar-refractivity contribution is 5.91. The van der Waals surface area contributed by atoms with Gasteiger partial charge in [0, 0.05) is 38.2 Å². The first kappa shape index (κ1) is 15.8. The largest absolute Gasteiger partial charge is 0.473 e. The van der Waals surface area contributed by atoms with Crippen LogP contribution < -0.4 is 4.74 Å². The van der Waals surface area contributed by atoms with Gasteiger partial charge in [0.25, 0.3) is 0 Å². The molecule has 0 radical (unpaired) electrons. The smallest absolute Gasteiger partial charge is 0.246 e. The van der Waals surface area contributed by atoms with Gasteiger partial charge in [0.05, 0.1) is 6.26 Å². The molecule has 2 aromatic heterocycles. The summed E-state index contributed by atoms with van der Waals surface area (Å²) in [5.41, 5.74) is 0.428. The van der Waals surface area contributed by atoms with Crippen LogP contribution in [-0.2, 0) is 4.79 Å². The number of hydrogen-bond donors (Lipinski definition) is 0. The molecule has 1 fully saturated rings. The normalized spacial score (nSPS) is 15.4. The lowest BCUT2D eigenvalue weighted by Gasteiger charge is -2.31. The van der Waals surface area contributed by atoms with Crippen LogP contribution in [0, 0.1) is 11.3 Å². The van der Waals surface area contributed by atoms with E-state index in [-0.39, 0.29) is 12.0 Å². The Balaban J connectivity index is 1.52. The molecule has 6 nitrogen and oxygen atoms in total. The zero-order valence-corrected chi connectivity index (χ0v) is 13.1. The predicted molar refractivity (Wildman–Crippen MR) is 86.9 cm³/mol. The number of aromatic nitrogens is 1. The van der Waals surface area contributed by atoms with Gasteiger partial charge in [0.1, 0.15) is 23.5 Å². The summed E-state index contributed by atoms with van der Waals surface area (Å²) in [6.07, 6.45) is 7.74. The molecule has 3 rings (SSSR count). The molecule has 0 N–H and O–H groups in total. The molecule has 0 spiro atoms. The van der Waals surface area contributed by atoms with Gasteiger partial charge in [-0.2, -0.15) is 5.26 Å². The average Bonchev–Trinajstić information content (AvgIpc) is 3.14. The molecule has 0 saturated carbocycles. The Morgan fingerprint density at radius 1 is 1.38 bits per heavy atom. The number of nitriles is 1. The first-order valence-corrected chi connectivity index (χ1v) is 7.78. The minimum Gasteiger partial charge on any atom is -0.473 e. The molecule has 1 saturated heterocycles. The summed E-state index contributed by atoms with van der Waals surface area (Å²) < 4.78 is 11.0. The molecule has 3 heterocycles. The summed E-state index contributed by atoms with van der Waals surface area (Å²) in [6.45, 7) is 1.22. The van der Waals surface area contributed by atoms with Crippen molar-refractivity contribution in [2.24, 2.45) is 0 Å². The minimum absolute atomic E-state index is 0.0369. The van der Waals surface area contributed by atoms with Crippen molar-refractivity contribution in [3.05, 3.63) is 54.1 Å². The molecular weight excluding hydrogens is 306 g/mol. The highest BCUT2D eigenvalue weighted by Gasteiger charge is 2.23. The van der Waals surface area contributed by atoms with E-state index in [1.54, 1.807) is 47.7 Å². The van der Waals surface area contributed by atoms with Gasteiger partial charge in [-0.15, -0.1) is 0 Å². The van der Waals surface area contributed by atoms with Gasteiger partial charge >= 0.3 is 0 Å². The van der Waals surface area contributed by atoms with Gasteiger partial charge in [0.15, 0.2) is 0 Å². The highest BCUT2D eigenvalue weighted by atomic mass is 16.5. The second-order valence-corrected chi connectivity index (χ2v) is 5.46. The summed E-state index contributed by atoms with van der Waals surface area (Å²) in [5, 5.41) is 9.06. The third kappa shape index (κ3) is 3.82. The fourth-order valence-electron chi connectivity index (χ4n) is 2.57. The number of carbonyl (C=O) groups is 1. The van der Waals surface area contributed by atoms with Crippen LogP contribution in [0.15, 0.2) is 47.2 Å². The Morgan fingerprint density at radius 2 is 2.21 bits per heavy atom. The van der Waals surface area contributed by atoms with Gasteiger partial charge in [-0.05, 0) is 30.3 Å². The first-order chi connectivity index (χ1) is 11.8. The van der Waals surface area contributed by atoms with Crippen molar-refractivity contribution >= 4 is 12.0 Å². The second kappa shape index (κ2) is 7.47. The lowest BCUT2D eigenvalue weighted by molar-refractivity contribution is -0.127. The van der Waals surface area contributed by atoms with Crippen LogP contribution in [0.5, 0.6) is 5.88 Å². The number of pyridine rings is 1. The molecule has 0 atom stereocenters. The van der Waals surface area contributed by atoms with Crippen LogP contribution in [0.4, 0.5) is 0 Å². The van der Waals surface area contributed by atoms with Crippen LogP contribution in [0.2, 0.25) is 0 Å². The number of amides is 1. The molecule has 2 aromatic rings. The lowest BCUT2D eigenvalue weighted by atomic mass is 10.1. The Morgan fingerprint density at radius 3 is 2.92 bits per heavy atom. The maximum Gasteiger partial charge on any atom is 0.246 e. The Kier molecular flexibility index (Phi) is 4.92. The number of likely N-dealkylation sites (tertiary alicyclic amines) is 1. The van der Waals surface area contributed by atoms with E-state index in [9.17, 15) is 4.79 Å². The third-order valence-electron chi connectivity index (χ3n) is 3.86. The van der Waals surface area contributed by atoms with Gasteiger partial charge < -0.3 is 14.1 Å². The number of furan rings is 1. The molecule has 24 heavy (non-hydrogen) atoms. The molecule has 1 amide bonds. The molecule has 122 valence electrons. The predicted octanol–water partition coefficient (Wildman–Crippen LogP) is 2.63. The van der Waals surface area contributed by atoms with Gasteiger partial charge in [0.2, 0.25) is 11.8 Å². The minimum atomic E-state index is -0.0413. The fourth-order valence-corrected chi connectivity index (χ4v) is 2.57. The van der Waals surface area contributed by atoms with E-state index in [2.05, 4.69) is 11.1 Å². The molecule has 0 aromatic carbocycles. The van der Waals surface area contributed by atoms with Crippen molar-refractivity contribution in [3.63, 3.8) is 0 Å². The Labute approximate surface area is 140 Å². The first-order valence-electron chi connectivity index (χ1n) is 7.78. The van der Waals surface area contributed by atoms with Crippen molar-refractivity contribution in [1.29, 1.82) is 5.26 Å². The maximum atomic E-state index is 12.2. The summed E-state index contributed by atoms with van der Waals surface area (Å²) in [6, 6.07) is 9.03. The molecular formula is C18H17N3O3. The molecule has 6 heteroatoms. The van der Waals surface area contributed by atoms with Crippen molar-refractivity contribution in [1.82, 2.24) is 9.88 Å². The number of hydrogen-bond acceptors (Lipinski definition) is 5. The molecule has 0 unspecified atom stereocenters. The lowest BCUT2D eigenvalue weighted by Crippen LogP contribution is -2.41. The van der Waals surface area contributed by atoms with E-state index in [1.807, 2.05) is 0 Å². The van der Waals surface area contributed by atoms with Crippen molar-refractivity contribution in [3.8, 4) is 11.9 Å². The van der Waals surface area contributed by atoms with Gasteiger partial charge in [-0.25, -0.2) is 4.98 Å². The summed E-state index contributed by atoms with van der Waals surface area (Å²) in [5.74, 6) is 0.976. The van der Waals surface area contributed by atoms with Crippen LogP contribution in [-0.4, -0.2) is 35.0 Å². The van der Waals surface area contributed by atoms with Crippen LogP contribution in [0.25, 0.3) is 6.08 Å². The quantitative estimate of drug-likeness (QED) is 0.808. The standard InChI is InChI=1S/C18H17N3O3/c19-13-14-3-1-9-20-18(14)24-16-7-10-21(11-8-16)17(22)6-5-15-4-2-12-23-15/h1-6,9,12,16H,7-8,10-11H2. The topological polar surface area (TPSA) is 79.4 Å². The van der Waals surface area contributed by atoms with Crippen molar-refractivity contribution in [2.75, 3.05) is 13.1 Å². The SMILES string of the molecule is N#Cc1cccnc1OC1CCN(C(=O)C=Cc2ccco2)CC1. The van der Waals surface area contributed by atoms with E-state index >= 15 is 0 Å². The fraction of sp³-hybridized carbons (Fsp3) is 0.278. The van der Waals surface area contributed by atoms with E-state index in [0.29, 0.717) is 43.1 Å². The van der Waals surface area contributed by atoms with Crippen molar-refractivity contribution < 1.29 is 13.9 Å². The molecule has 1 aliphatic rings. The van der Waals surface area contributed by atoms with E-state index in [0.717, 1.165) is 0 Å². The Hall–Kier alpha value is -3.07. The number of piperidine rings is 1. The van der Waals surface area contributed by atoms with Gasteiger partial charge in [-0.1, -0.05) is 0 Å². The van der Waals surface area contributed by atoms with Crippen LogP contribution in [0.1, 0.15) is 24.2 Å². The van der Waals surface area contributed by atoms with Crippen LogP contribution in [0.3, 0.4) is 0 Å². The summed E-state index contributed by atoms with van der Waals surface area (Å²) in [4.78, 5) is 18.0. The highest BCUT2D eigenvalue weighted by Crippen LogP contribution is 2.20. The molecule has 1 aliphatic heterocycles. The number of carbonyl (C=O) groups excluding carboxylic acids is 1. The van der Waals surface area contributed by atoms with Crippen molar-refractivity contribution in [2.45, 2.75) is 18.9 Å². The maximum absolute atomic E-state index is 12.2. The Bertz CT molecular complexity index is 754. The second-order valence-electron chi connectivity index (χ2n) is 5.46. The van der Waals surface area contributed by atoms with Gasteiger partial charge in [-0.3, -0.25) is 4.79 Å². The summed E-state index contributed by atoms with van der Waals surface area (Å²) >= 11 is 0. The van der Waals surface area contributed by atoms with E-state index in [4.69, 9.17) is 14.4 Å². The summed E-state index contributed by atoms with van der Waals surface area (Å²) in [7, 11) is 0. The molecule has 0 aliphatic carbocycles. The third-order valence-corrected chi connectivity index (χ3v) is 3.86. The number of rotatable bonds is 4. The molecule has 0 bridgehead atoms. The zero-order chi connectivity index (χ0) is 16.8. The monoisotopic (exact) mass is 323 g/mol. The number of nitrogens with zero attached hydrogens (tertiary/aromatic N) is 3. The average molecular weight is 323 g/mol. The number of ether oxygens (including phenoxy) is 1. The van der Waals surface area contributed by atoms with E-state index in [1.165, 1.54) is 6.08 Å². The van der Waals surface area contributed by atoms with Crippen LogP contribution >= 0.6 is 0 Å².